The lowest BCUT2D eigenvalue weighted by atomic mass is 10.1. The highest BCUT2D eigenvalue weighted by Gasteiger charge is 2.19. The number of alkyl halides is 1. The van der Waals surface area contributed by atoms with Gasteiger partial charge in [-0.15, -0.1) is 11.6 Å². The molecule has 0 fully saturated rings. The molecule has 6 heteroatoms. The number of aryl methyl sites for hydroxylation is 1. The third-order valence-electron chi connectivity index (χ3n) is 2.89. The highest BCUT2D eigenvalue weighted by atomic mass is 35.5. The first-order chi connectivity index (χ1) is 9.01. The zero-order chi connectivity index (χ0) is 14.4. The zero-order valence-electron chi connectivity index (χ0n) is 11.1. The van der Waals surface area contributed by atoms with Crippen LogP contribution in [0.2, 0.25) is 0 Å². The van der Waals surface area contributed by atoms with E-state index in [4.69, 9.17) is 11.6 Å². The Morgan fingerprint density at radius 1 is 1.47 bits per heavy atom. The number of carbonyl (C=O) groups is 1. The molecular weight excluding hydrogens is 268 g/mol. The van der Waals surface area contributed by atoms with E-state index in [1.807, 2.05) is 6.92 Å². The Morgan fingerprint density at radius 3 is 2.68 bits per heavy atom. The van der Waals surface area contributed by atoms with Gasteiger partial charge in [0.25, 0.3) is 11.6 Å². The summed E-state index contributed by atoms with van der Waals surface area (Å²) in [5.74, 6) is 0.298. The van der Waals surface area contributed by atoms with E-state index in [0.717, 1.165) is 5.56 Å². The van der Waals surface area contributed by atoms with Gasteiger partial charge in [-0.3, -0.25) is 14.9 Å². The molecule has 104 valence electrons. The van der Waals surface area contributed by atoms with Gasteiger partial charge in [0.2, 0.25) is 0 Å². The molecule has 0 saturated carbocycles. The molecule has 0 spiro atoms. The summed E-state index contributed by atoms with van der Waals surface area (Å²) in [6, 6.07) is 4.34. The number of amides is 1. The monoisotopic (exact) mass is 284 g/mol. The molecule has 0 unspecified atom stereocenters. The smallest absolute Gasteiger partial charge is 0.270 e. The van der Waals surface area contributed by atoms with Crippen LogP contribution in [0.5, 0.6) is 0 Å². The number of nitrogens with zero attached hydrogens (tertiary/aromatic N) is 2. The van der Waals surface area contributed by atoms with Crippen LogP contribution in [0.3, 0.4) is 0 Å². The summed E-state index contributed by atoms with van der Waals surface area (Å²) in [4.78, 5) is 24.3. The standard InChI is InChI=1S/C13H17ClN2O3/c1-3-15(8-4-7-14)13(17)12-9-11(16(18)19)6-5-10(12)2/h5-6,9H,3-4,7-8H2,1-2H3. The fraction of sp³-hybridized carbons (Fsp3) is 0.462. The maximum atomic E-state index is 12.3. The van der Waals surface area contributed by atoms with Crippen LogP contribution in [0.4, 0.5) is 5.69 Å². The summed E-state index contributed by atoms with van der Waals surface area (Å²) >= 11 is 5.62. The first-order valence-electron chi connectivity index (χ1n) is 6.11. The fourth-order valence-electron chi connectivity index (χ4n) is 1.78. The number of halogens is 1. The van der Waals surface area contributed by atoms with E-state index in [-0.39, 0.29) is 11.6 Å². The molecule has 0 N–H and O–H groups in total. The van der Waals surface area contributed by atoms with Gasteiger partial charge in [0, 0.05) is 36.7 Å². The molecule has 0 heterocycles. The first kappa shape index (κ1) is 15.4. The van der Waals surface area contributed by atoms with Gasteiger partial charge in [0.1, 0.15) is 0 Å². The molecule has 0 radical (unpaired) electrons. The van der Waals surface area contributed by atoms with Crippen molar-refractivity contribution in [3.63, 3.8) is 0 Å². The number of nitro groups is 1. The maximum Gasteiger partial charge on any atom is 0.270 e. The number of hydrogen-bond acceptors (Lipinski definition) is 3. The van der Waals surface area contributed by atoms with E-state index in [0.29, 0.717) is 31.0 Å². The van der Waals surface area contributed by atoms with Crippen molar-refractivity contribution >= 4 is 23.2 Å². The third kappa shape index (κ3) is 3.92. The molecule has 1 amide bonds. The van der Waals surface area contributed by atoms with Crippen molar-refractivity contribution in [3.05, 3.63) is 39.4 Å². The van der Waals surface area contributed by atoms with Gasteiger partial charge in [-0.05, 0) is 25.8 Å². The van der Waals surface area contributed by atoms with Crippen LogP contribution in [0, 0.1) is 17.0 Å². The van der Waals surface area contributed by atoms with Gasteiger partial charge in [0.15, 0.2) is 0 Å². The number of nitro benzene ring substituents is 1. The van der Waals surface area contributed by atoms with Crippen molar-refractivity contribution < 1.29 is 9.72 Å². The summed E-state index contributed by atoms with van der Waals surface area (Å²) in [6.07, 6.45) is 0.703. The van der Waals surface area contributed by atoms with Crippen LogP contribution in [-0.2, 0) is 0 Å². The Labute approximate surface area is 117 Å². The Morgan fingerprint density at radius 2 is 2.16 bits per heavy atom. The Kier molecular flexibility index (Phi) is 5.76. The topological polar surface area (TPSA) is 63.5 Å². The number of non-ortho nitro benzene ring substituents is 1. The SMILES string of the molecule is CCN(CCCCl)C(=O)c1cc([N+](=O)[O-])ccc1C. The molecular formula is C13H17ClN2O3. The predicted octanol–water partition coefficient (Wildman–Crippen LogP) is 2.99. The Hall–Kier alpha value is -1.62. The largest absolute Gasteiger partial charge is 0.339 e. The summed E-state index contributed by atoms with van der Waals surface area (Å²) in [5, 5.41) is 10.8. The number of benzene rings is 1. The lowest BCUT2D eigenvalue weighted by molar-refractivity contribution is -0.384. The molecule has 0 aliphatic rings. The molecule has 1 aromatic rings. The second kappa shape index (κ2) is 7.09. The van der Waals surface area contributed by atoms with Crippen molar-refractivity contribution in [1.82, 2.24) is 4.90 Å². The van der Waals surface area contributed by atoms with Gasteiger partial charge >= 0.3 is 0 Å². The summed E-state index contributed by atoms with van der Waals surface area (Å²) in [6.45, 7) is 4.75. The summed E-state index contributed by atoms with van der Waals surface area (Å²) in [5.41, 5.74) is 1.05. The van der Waals surface area contributed by atoms with E-state index in [1.165, 1.54) is 12.1 Å². The summed E-state index contributed by atoms with van der Waals surface area (Å²) < 4.78 is 0. The highest BCUT2D eigenvalue weighted by molar-refractivity contribution is 6.17. The maximum absolute atomic E-state index is 12.3. The van der Waals surface area contributed by atoms with Crippen LogP contribution in [0.25, 0.3) is 0 Å². The molecule has 5 nitrogen and oxygen atoms in total. The van der Waals surface area contributed by atoms with Crippen molar-refractivity contribution in [2.24, 2.45) is 0 Å². The van der Waals surface area contributed by atoms with E-state index in [2.05, 4.69) is 0 Å². The van der Waals surface area contributed by atoms with Crippen molar-refractivity contribution in [2.75, 3.05) is 19.0 Å². The average molecular weight is 285 g/mol. The van der Waals surface area contributed by atoms with Crippen molar-refractivity contribution in [1.29, 1.82) is 0 Å². The Balaban J connectivity index is 3.02. The van der Waals surface area contributed by atoms with Crippen LogP contribution >= 0.6 is 11.6 Å². The molecule has 0 saturated heterocycles. The minimum atomic E-state index is -0.495. The van der Waals surface area contributed by atoms with E-state index >= 15 is 0 Å². The van der Waals surface area contributed by atoms with E-state index in [1.54, 1.807) is 17.9 Å². The lowest BCUT2D eigenvalue weighted by Crippen LogP contribution is -2.32. The molecule has 1 rings (SSSR count). The van der Waals surface area contributed by atoms with Crippen LogP contribution < -0.4 is 0 Å². The predicted molar refractivity (Wildman–Crippen MR) is 74.7 cm³/mol. The van der Waals surface area contributed by atoms with Crippen molar-refractivity contribution in [3.8, 4) is 0 Å². The van der Waals surface area contributed by atoms with E-state index in [9.17, 15) is 14.9 Å². The fourth-order valence-corrected chi connectivity index (χ4v) is 1.90. The number of hydrogen-bond donors (Lipinski definition) is 0. The molecule has 0 aromatic heterocycles. The van der Waals surface area contributed by atoms with E-state index < -0.39 is 4.92 Å². The van der Waals surface area contributed by atoms with Crippen LogP contribution in [0.15, 0.2) is 18.2 Å². The molecule has 0 aliphatic heterocycles. The molecule has 1 aromatic carbocycles. The minimum absolute atomic E-state index is 0.0673. The first-order valence-corrected chi connectivity index (χ1v) is 6.65. The minimum Gasteiger partial charge on any atom is -0.339 e. The molecule has 0 aliphatic carbocycles. The number of rotatable bonds is 6. The second-order valence-electron chi connectivity index (χ2n) is 4.18. The van der Waals surface area contributed by atoms with Gasteiger partial charge in [-0.2, -0.15) is 0 Å². The summed E-state index contributed by atoms with van der Waals surface area (Å²) in [7, 11) is 0. The van der Waals surface area contributed by atoms with Crippen LogP contribution in [0.1, 0.15) is 29.3 Å². The van der Waals surface area contributed by atoms with Gasteiger partial charge < -0.3 is 4.90 Å². The lowest BCUT2D eigenvalue weighted by Gasteiger charge is -2.21. The zero-order valence-corrected chi connectivity index (χ0v) is 11.8. The Bertz CT molecular complexity index is 477. The number of carbonyl (C=O) groups excluding carboxylic acids is 1. The molecule has 0 atom stereocenters. The van der Waals surface area contributed by atoms with Crippen LogP contribution in [-0.4, -0.2) is 34.7 Å². The molecule has 0 bridgehead atoms. The highest BCUT2D eigenvalue weighted by Crippen LogP contribution is 2.19. The second-order valence-corrected chi connectivity index (χ2v) is 4.56. The van der Waals surface area contributed by atoms with Gasteiger partial charge in [-0.25, -0.2) is 0 Å². The van der Waals surface area contributed by atoms with Gasteiger partial charge in [-0.1, -0.05) is 6.07 Å². The third-order valence-corrected chi connectivity index (χ3v) is 3.16. The quantitative estimate of drug-likeness (QED) is 0.458. The normalized spacial score (nSPS) is 10.3. The average Bonchev–Trinajstić information content (AvgIpc) is 2.39. The van der Waals surface area contributed by atoms with Crippen molar-refractivity contribution in [2.45, 2.75) is 20.3 Å². The van der Waals surface area contributed by atoms with Gasteiger partial charge in [0.05, 0.1) is 4.92 Å². The molecule has 19 heavy (non-hydrogen) atoms.